The molecule has 2 rings (SSSR count). The van der Waals surface area contributed by atoms with Crippen molar-refractivity contribution in [3.8, 4) is 5.75 Å². The maximum Gasteiger partial charge on any atom is 0.335 e. The van der Waals surface area contributed by atoms with Gasteiger partial charge < -0.3 is 14.6 Å². The third-order valence-corrected chi connectivity index (χ3v) is 3.58. The third-order valence-electron chi connectivity index (χ3n) is 3.58. The molecule has 1 heterocycles. The average molecular weight is 334 g/mol. The highest BCUT2D eigenvalue weighted by Crippen LogP contribution is 2.23. The van der Waals surface area contributed by atoms with Crippen LogP contribution in [-0.2, 0) is 9.53 Å². The fraction of sp³-hybridized carbons (Fsp3) is 0.474. The summed E-state index contributed by atoms with van der Waals surface area (Å²) in [4.78, 5) is 21.9. The van der Waals surface area contributed by atoms with E-state index in [1.54, 1.807) is 12.1 Å². The monoisotopic (exact) mass is 334 g/mol. The number of carboxylic acids is 1. The van der Waals surface area contributed by atoms with Gasteiger partial charge in [0.1, 0.15) is 11.9 Å². The van der Waals surface area contributed by atoms with E-state index in [1.807, 2.05) is 13.8 Å². The lowest BCUT2D eigenvalue weighted by Gasteiger charge is -2.09. The molecular formula is C19H26O5. The molecule has 0 aromatic heterocycles. The molecule has 1 N–H and O–H groups in total. The van der Waals surface area contributed by atoms with Gasteiger partial charge in [-0.15, -0.1) is 0 Å². The molecule has 0 saturated carbocycles. The SMILES string of the molecule is C=C1CC(CCCCCOc2ccc(C(=O)O)cc2)OC1=O.CC. The first-order chi connectivity index (χ1) is 11.6. The molecule has 0 bridgehead atoms. The molecule has 1 fully saturated rings. The lowest BCUT2D eigenvalue weighted by Crippen LogP contribution is -2.06. The minimum Gasteiger partial charge on any atom is -0.494 e. The van der Waals surface area contributed by atoms with Crippen LogP contribution in [0.3, 0.4) is 0 Å². The number of unbranched alkanes of at least 4 members (excludes halogenated alkanes) is 2. The van der Waals surface area contributed by atoms with Crippen molar-refractivity contribution >= 4 is 11.9 Å². The second-order valence-corrected chi connectivity index (χ2v) is 5.36. The highest BCUT2D eigenvalue weighted by atomic mass is 16.5. The number of carbonyl (C=O) groups is 2. The molecular weight excluding hydrogens is 308 g/mol. The van der Waals surface area contributed by atoms with E-state index in [0.717, 1.165) is 25.7 Å². The molecule has 24 heavy (non-hydrogen) atoms. The molecule has 1 unspecified atom stereocenters. The minimum atomic E-state index is -0.943. The first-order valence-corrected chi connectivity index (χ1v) is 8.41. The van der Waals surface area contributed by atoms with Crippen molar-refractivity contribution in [3.05, 3.63) is 42.0 Å². The molecule has 0 aliphatic carbocycles. The van der Waals surface area contributed by atoms with Crippen molar-refractivity contribution in [1.82, 2.24) is 0 Å². The van der Waals surface area contributed by atoms with Crippen LogP contribution in [0.4, 0.5) is 0 Å². The largest absolute Gasteiger partial charge is 0.494 e. The summed E-state index contributed by atoms with van der Waals surface area (Å²) in [6.45, 7) is 8.25. The Morgan fingerprint density at radius 1 is 1.25 bits per heavy atom. The zero-order chi connectivity index (χ0) is 17.9. The van der Waals surface area contributed by atoms with Gasteiger partial charge in [-0.3, -0.25) is 0 Å². The summed E-state index contributed by atoms with van der Waals surface area (Å²) in [5, 5.41) is 8.79. The minimum absolute atomic E-state index is 0.00974. The van der Waals surface area contributed by atoms with E-state index in [4.69, 9.17) is 14.6 Å². The number of carboxylic acid groups (broad SMARTS) is 1. The van der Waals surface area contributed by atoms with Crippen LogP contribution in [-0.4, -0.2) is 29.8 Å². The Kier molecular flexibility index (Phi) is 8.61. The Bertz CT molecular complexity index is 531. The molecule has 0 spiro atoms. The Morgan fingerprint density at radius 2 is 1.92 bits per heavy atom. The lowest BCUT2D eigenvalue weighted by molar-refractivity contribution is -0.139. The molecule has 1 aliphatic heterocycles. The third kappa shape index (κ3) is 6.44. The fourth-order valence-corrected chi connectivity index (χ4v) is 2.33. The van der Waals surface area contributed by atoms with Crippen molar-refractivity contribution in [3.63, 3.8) is 0 Å². The molecule has 1 aromatic rings. The van der Waals surface area contributed by atoms with E-state index in [9.17, 15) is 9.59 Å². The number of hydrogen-bond acceptors (Lipinski definition) is 4. The zero-order valence-electron chi connectivity index (χ0n) is 14.4. The van der Waals surface area contributed by atoms with Gasteiger partial charge in [-0.1, -0.05) is 20.4 Å². The van der Waals surface area contributed by atoms with E-state index in [2.05, 4.69) is 6.58 Å². The van der Waals surface area contributed by atoms with E-state index >= 15 is 0 Å². The van der Waals surface area contributed by atoms with Gasteiger partial charge in [-0.25, -0.2) is 9.59 Å². The predicted octanol–water partition coefficient (Wildman–Crippen LogP) is 4.22. The first kappa shape index (κ1) is 19.7. The second kappa shape index (κ2) is 10.5. The number of carbonyl (C=O) groups excluding carboxylic acids is 1. The maximum atomic E-state index is 11.2. The molecule has 132 valence electrons. The van der Waals surface area contributed by atoms with Crippen LogP contribution in [0, 0.1) is 0 Å². The van der Waals surface area contributed by atoms with Gasteiger partial charge in [0.25, 0.3) is 0 Å². The Hall–Kier alpha value is -2.30. The summed E-state index contributed by atoms with van der Waals surface area (Å²) >= 11 is 0. The maximum absolute atomic E-state index is 11.2. The van der Waals surface area contributed by atoms with Crippen LogP contribution in [0.5, 0.6) is 5.75 Å². The smallest absolute Gasteiger partial charge is 0.335 e. The van der Waals surface area contributed by atoms with Crippen LogP contribution in [0.15, 0.2) is 36.4 Å². The number of benzene rings is 1. The van der Waals surface area contributed by atoms with E-state index in [0.29, 0.717) is 24.4 Å². The molecule has 5 nitrogen and oxygen atoms in total. The predicted molar refractivity (Wildman–Crippen MR) is 92.3 cm³/mol. The Morgan fingerprint density at radius 3 is 2.46 bits per heavy atom. The second-order valence-electron chi connectivity index (χ2n) is 5.36. The highest BCUT2D eigenvalue weighted by molar-refractivity contribution is 5.89. The lowest BCUT2D eigenvalue weighted by atomic mass is 10.1. The zero-order valence-corrected chi connectivity index (χ0v) is 14.4. The summed E-state index contributed by atoms with van der Waals surface area (Å²) in [5.74, 6) is -0.536. The van der Waals surface area contributed by atoms with Gasteiger partial charge in [0.05, 0.1) is 12.2 Å². The number of cyclic esters (lactones) is 1. The summed E-state index contributed by atoms with van der Waals surface area (Å²) in [7, 11) is 0. The van der Waals surface area contributed by atoms with Crippen molar-refractivity contribution in [2.75, 3.05) is 6.61 Å². The fourth-order valence-electron chi connectivity index (χ4n) is 2.33. The van der Waals surface area contributed by atoms with E-state index in [1.165, 1.54) is 12.1 Å². The topological polar surface area (TPSA) is 72.8 Å². The summed E-state index contributed by atoms with van der Waals surface area (Å²) < 4.78 is 10.7. The molecule has 1 atom stereocenters. The number of hydrogen-bond donors (Lipinski definition) is 1. The number of aromatic carboxylic acids is 1. The van der Waals surface area contributed by atoms with Crippen molar-refractivity contribution in [2.45, 2.75) is 52.1 Å². The van der Waals surface area contributed by atoms with Crippen molar-refractivity contribution in [2.24, 2.45) is 0 Å². The standard InChI is InChI=1S/C17H20O5.C2H6/c1-12-11-15(22-17(12)20)5-3-2-4-10-21-14-8-6-13(7-9-14)16(18)19;1-2/h6-9,15H,1-5,10-11H2,(H,18,19);1-2H3. The average Bonchev–Trinajstić information content (AvgIpc) is 2.91. The summed E-state index contributed by atoms with van der Waals surface area (Å²) in [5.41, 5.74) is 0.818. The van der Waals surface area contributed by atoms with Crippen molar-refractivity contribution < 1.29 is 24.2 Å². The first-order valence-electron chi connectivity index (χ1n) is 8.41. The Balaban J connectivity index is 0.00000139. The molecule has 0 radical (unpaired) electrons. The van der Waals surface area contributed by atoms with Crippen LogP contribution < -0.4 is 4.74 Å². The normalized spacial score (nSPS) is 16.2. The van der Waals surface area contributed by atoms with Crippen LogP contribution in [0.2, 0.25) is 0 Å². The van der Waals surface area contributed by atoms with Crippen LogP contribution >= 0.6 is 0 Å². The Labute approximate surface area is 143 Å². The molecule has 1 aromatic carbocycles. The summed E-state index contributed by atoms with van der Waals surface area (Å²) in [6, 6.07) is 6.37. The van der Waals surface area contributed by atoms with Gasteiger partial charge >= 0.3 is 11.9 Å². The molecule has 0 amide bonds. The quantitative estimate of drug-likeness (QED) is 0.438. The van der Waals surface area contributed by atoms with Crippen molar-refractivity contribution in [1.29, 1.82) is 0 Å². The summed E-state index contributed by atoms with van der Waals surface area (Å²) in [6.07, 6.45) is 4.37. The van der Waals surface area contributed by atoms with Gasteiger partial charge in [-0.2, -0.15) is 0 Å². The molecule has 1 saturated heterocycles. The number of rotatable bonds is 8. The van der Waals surface area contributed by atoms with Gasteiger partial charge in [0.15, 0.2) is 0 Å². The highest BCUT2D eigenvalue weighted by Gasteiger charge is 2.26. The van der Waals surface area contributed by atoms with E-state index < -0.39 is 5.97 Å². The number of ether oxygens (including phenoxy) is 2. The van der Waals surface area contributed by atoms with E-state index in [-0.39, 0.29) is 17.6 Å². The van der Waals surface area contributed by atoms with Crippen LogP contribution in [0.25, 0.3) is 0 Å². The molecule has 1 aliphatic rings. The van der Waals surface area contributed by atoms with Gasteiger partial charge in [-0.05, 0) is 49.9 Å². The van der Waals surface area contributed by atoms with Gasteiger partial charge in [0, 0.05) is 12.0 Å². The van der Waals surface area contributed by atoms with Gasteiger partial charge in [0.2, 0.25) is 0 Å². The number of esters is 1. The van der Waals surface area contributed by atoms with Crippen LogP contribution in [0.1, 0.15) is 56.3 Å². The molecule has 5 heteroatoms.